The van der Waals surface area contributed by atoms with Crippen LogP contribution in [-0.2, 0) is 6.54 Å². The van der Waals surface area contributed by atoms with Crippen molar-refractivity contribution in [2.75, 3.05) is 77.1 Å². The third kappa shape index (κ3) is 12.3. The Morgan fingerprint density at radius 3 is 1.58 bits per heavy atom. The van der Waals surface area contributed by atoms with Crippen LogP contribution in [0.4, 0.5) is 17.3 Å². The lowest BCUT2D eigenvalue weighted by Gasteiger charge is -2.35. The minimum Gasteiger partial charge on any atom is -0.495 e. The molecule has 77 heavy (non-hydrogen) atoms. The van der Waals surface area contributed by atoms with Crippen molar-refractivity contribution in [3.8, 4) is 45.3 Å². The Balaban J connectivity index is 0.000000168. The lowest BCUT2D eigenvalue weighted by atomic mass is 9.97. The van der Waals surface area contributed by atoms with E-state index in [-0.39, 0.29) is 11.5 Å². The Kier molecular flexibility index (Phi) is 18.3. The fraction of sp³-hybridized carbons (Fsp3) is 0.190. The number of carbonyl (C=O) groups is 2. The number of methoxy groups -OCH3 is 4. The molecule has 9 aromatic rings. The molecule has 1 saturated heterocycles. The van der Waals surface area contributed by atoms with Gasteiger partial charge in [-0.2, -0.15) is 0 Å². The van der Waals surface area contributed by atoms with Crippen molar-refractivity contribution in [2.24, 2.45) is 0 Å². The molecular weight excluding hydrogens is 1060 g/mol. The number of nitrogens with one attached hydrogen (secondary N) is 1. The summed E-state index contributed by atoms with van der Waals surface area (Å²) in [7, 11) is 6.03. The van der Waals surface area contributed by atoms with Crippen molar-refractivity contribution in [2.45, 2.75) is 13.5 Å². The average Bonchev–Trinajstić information content (AvgIpc) is 3.90. The standard InChI is InChI=1S/C28H22Cl2N4O3.C18H13Cl2NO4.C12H19N3/c1-36-21-15-22(37-2)25(30)23(24(21)29)18-10-11-20(26-19(18)9-6-12-31-26)27(35)33-28-32-13-14-34(28)16-17-7-4-3-5-8-17;1-24-12-8-13(25-2)16(20)14(15(12)19)9-5-6-11(18(22)23)17-10(9)4-3-7-21-17;1-2-14-7-9-15(10-8-14)12-5-3-11(13)4-6-12/h3-15H,16H2,1-2H3,(H,32,33,35);3-8H,1-2H3,(H,22,23);3-6H,2,7-10,13H2,1H3. The largest absolute Gasteiger partial charge is 0.495 e. The number of piperazine rings is 1. The molecule has 10 rings (SSSR count). The van der Waals surface area contributed by atoms with Crippen molar-refractivity contribution in [1.29, 1.82) is 0 Å². The van der Waals surface area contributed by atoms with Gasteiger partial charge in [-0.25, -0.2) is 9.78 Å². The molecule has 0 unspecified atom stereocenters. The van der Waals surface area contributed by atoms with E-state index in [4.69, 9.17) is 71.1 Å². The van der Waals surface area contributed by atoms with Crippen LogP contribution in [0.2, 0.25) is 20.1 Å². The zero-order valence-electron chi connectivity index (χ0n) is 42.7. The molecule has 0 spiro atoms. The number of hydrogen-bond donors (Lipinski definition) is 3. The van der Waals surface area contributed by atoms with Gasteiger partial charge in [0.1, 0.15) is 23.0 Å². The van der Waals surface area contributed by atoms with Gasteiger partial charge in [-0.1, -0.05) is 108 Å². The van der Waals surface area contributed by atoms with Crippen LogP contribution in [0, 0.1) is 0 Å². The average molecular weight is 1120 g/mol. The summed E-state index contributed by atoms with van der Waals surface area (Å²) in [5.74, 6) is 0.677. The van der Waals surface area contributed by atoms with E-state index in [1.807, 2.05) is 59.3 Å². The van der Waals surface area contributed by atoms with E-state index in [1.165, 1.54) is 59.5 Å². The molecule has 1 aliphatic heterocycles. The third-order valence-corrected chi connectivity index (χ3v) is 14.4. The molecule has 19 heteroatoms. The Labute approximate surface area is 465 Å². The predicted molar refractivity (Wildman–Crippen MR) is 308 cm³/mol. The molecule has 15 nitrogen and oxygen atoms in total. The Hall–Kier alpha value is -7.79. The van der Waals surface area contributed by atoms with Crippen LogP contribution in [0.1, 0.15) is 33.2 Å². The minimum absolute atomic E-state index is 0.0986. The van der Waals surface area contributed by atoms with Gasteiger partial charge in [0.2, 0.25) is 5.95 Å². The van der Waals surface area contributed by atoms with Crippen molar-refractivity contribution >= 4 is 97.4 Å². The highest BCUT2D eigenvalue weighted by Gasteiger charge is 2.25. The van der Waals surface area contributed by atoms with Crippen molar-refractivity contribution in [1.82, 2.24) is 24.4 Å². The molecule has 1 aliphatic rings. The maximum Gasteiger partial charge on any atom is 0.337 e. The monoisotopic (exact) mass is 1110 g/mol. The summed E-state index contributed by atoms with van der Waals surface area (Å²) in [6, 6.07) is 35.1. The number of nitrogens with zero attached hydrogens (tertiary/aromatic N) is 6. The maximum absolute atomic E-state index is 13.4. The van der Waals surface area contributed by atoms with Gasteiger partial charge in [0.25, 0.3) is 5.91 Å². The number of aromatic carboxylic acids is 1. The lowest BCUT2D eigenvalue weighted by molar-refractivity contribution is 0.0698. The highest BCUT2D eigenvalue weighted by Crippen LogP contribution is 2.49. The first-order valence-electron chi connectivity index (χ1n) is 24.2. The van der Waals surface area contributed by atoms with E-state index in [0.29, 0.717) is 105 Å². The number of carboxylic acids is 1. The van der Waals surface area contributed by atoms with Gasteiger partial charge >= 0.3 is 5.97 Å². The number of halogens is 4. The number of aromatic nitrogens is 4. The van der Waals surface area contributed by atoms with Crippen LogP contribution in [0.3, 0.4) is 0 Å². The second-order valence-corrected chi connectivity index (χ2v) is 18.8. The number of amides is 1. The molecule has 0 radical (unpaired) electrons. The summed E-state index contributed by atoms with van der Waals surface area (Å²) in [6.45, 7) is 8.54. The number of ether oxygens (including phenoxy) is 4. The first-order chi connectivity index (χ1) is 37.3. The highest BCUT2D eigenvalue weighted by atomic mass is 35.5. The molecule has 0 saturated carbocycles. The normalized spacial score (nSPS) is 12.2. The Morgan fingerprint density at radius 1 is 0.610 bits per heavy atom. The fourth-order valence-corrected chi connectivity index (χ4v) is 10.3. The SMILES string of the molecule is CCN1CCN(c2ccc(N)cc2)CC1.COc1cc(OC)c(Cl)c(-c2ccc(C(=O)Nc3nccn3Cc3ccccc3)c3ncccc23)c1Cl.COc1cc(OC)c(Cl)c(-c2ccc(C(=O)O)c3ncccc23)c1Cl. The number of nitrogens with two attached hydrogens (primary N) is 1. The summed E-state index contributed by atoms with van der Waals surface area (Å²) >= 11 is 26.3. The van der Waals surface area contributed by atoms with Crippen LogP contribution in [0.5, 0.6) is 23.0 Å². The van der Waals surface area contributed by atoms with Gasteiger partial charge in [-0.15, -0.1) is 0 Å². The van der Waals surface area contributed by atoms with Crippen molar-refractivity contribution < 1.29 is 33.6 Å². The van der Waals surface area contributed by atoms with E-state index in [0.717, 1.165) is 30.9 Å². The summed E-state index contributed by atoms with van der Waals surface area (Å²) < 4.78 is 23.3. The topological polar surface area (TPSA) is 179 Å². The van der Waals surface area contributed by atoms with Gasteiger partial charge in [0.05, 0.1) is 77.2 Å². The zero-order chi connectivity index (χ0) is 54.8. The Bertz CT molecular complexity index is 3500. The molecular formula is C58H54Cl4N8O7. The van der Waals surface area contributed by atoms with Crippen LogP contribution in [0.25, 0.3) is 44.1 Å². The van der Waals surface area contributed by atoms with Gasteiger partial charge in [0, 0.05) is 96.4 Å². The second-order valence-electron chi connectivity index (χ2n) is 17.3. The van der Waals surface area contributed by atoms with Crippen LogP contribution in [-0.4, -0.2) is 103 Å². The fourth-order valence-electron chi connectivity index (χ4n) is 8.90. The summed E-state index contributed by atoms with van der Waals surface area (Å²) in [6.07, 6.45) is 6.64. The number of rotatable bonds is 13. The first-order valence-corrected chi connectivity index (χ1v) is 25.7. The second kappa shape index (κ2) is 25.4. The van der Waals surface area contributed by atoms with E-state index in [1.54, 1.807) is 60.9 Å². The predicted octanol–water partition coefficient (Wildman–Crippen LogP) is 13.1. The van der Waals surface area contributed by atoms with Gasteiger partial charge in [-0.3, -0.25) is 20.1 Å². The number of carboxylic acid groups (broad SMARTS) is 1. The van der Waals surface area contributed by atoms with Crippen LogP contribution < -0.4 is 34.9 Å². The smallest absolute Gasteiger partial charge is 0.337 e. The molecule has 396 valence electrons. The summed E-state index contributed by atoms with van der Waals surface area (Å²) in [4.78, 5) is 42.8. The number of fused-ring (bicyclic) bond motifs is 2. The van der Waals surface area contributed by atoms with E-state index in [2.05, 4.69) is 49.1 Å². The maximum atomic E-state index is 13.4. The number of pyridine rings is 2. The highest BCUT2D eigenvalue weighted by molar-refractivity contribution is 6.42. The van der Waals surface area contributed by atoms with Crippen molar-refractivity contribution in [3.05, 3.63) is 177 Å². The molecule has 1 fully saturated rings. The lowest BCUT2D eigenvalue weighted by Crippen LogP contribution is -2.46. The van der Waals surface area contributed by atoms with Gasteiger partial charge in [-0.05, 0) is 71.8 Å². The summed E-state index contributed by atoms with van der Waals surface area (Å²) in [5.41, 5.74) is 12.6. The molecule has 1 amide bonds. The quantitative estimate of drug-likeness (QED) is 0.0930. The minimum atomic E-state index is -1.06. The number of carbonyl (C=O) groups excluding carboxylic acids is 1. The van der Waals surface area contributed by atoms with Crippen LogP contribution in [0.15, 0.2) is 140 Å². The van der Waals surface area contributed by atoms with Gasteiger partial charge < -0.3 is 44.2 Å². The van der Waals surface area contributed by atoms with E-state index >= 15 is 0 Å². The molecule has 0 aliphatic carbocycles. The molecule has 3 aromatic heterocycles. The van der Waals surface area contributed by atoms with E-state index in [9.17, 15) is 14.7 Å². The number of likely N-dealkylation sites (N-methyl/N-ethyl adjacent to an activating group) is 1. The molecule has 0 atom stereocenters. The Morgan fingerprint density at radius 2 is 1.10 bits per heavy atom. The number of anilines is 3. The van der Waals surface area contributed by atoms with Crippen LogP contribution >= 0.6 is 46.4 Å². The van der Waals surface area contributed by atoms with Gasteiger partial charge in [0.15, 0.2) is 0 Å². The first kappa shape index (κ1) is 55.4. The van der Waals surface area contributed by atoms with Crippen molar-refractivity contribution in [3.63, 3.8) is 0 Å². The third-order valence-electron chi connectivity index (χ3n) is 12.9. The molecule has 4 N–H and O–H groups in total. The number of imidazole rings is 1. The molecule has 6 aromatic carbocycles. The number of nitrogen functional groups attached to an aromatic ring is 1. The molecule has 0 bridgehead atoms. The summed E-state index contributed by atoms with van der Waals surface area (Å²) in [5, 5.41) is 14.9. The number of hydrogen-bond acceptors (Lipinski definition) is 12. The zero-order valence-corrected chi connectivity index (χ0v) is 45.7. The molecule has 4 heterocycles. The number of benzene rings is 6. The van der Waals surface area contributed by atoms with E-state index < -0.39 is 5.97 Å².